The number of urea groups is 1. The highest BCUT2D eigenvalue weighted by Gasteiger charge is 2.28. The molecule has 0 unspecified atom stereocenters. The molecule has 2 saturated heterocycles. The van der Waals surface area contributed by atoms with Gasteiger partial charge < -0.3 is 19.8 Å². The lowest BCUT2D eigenvalue weighted by molar-refractivity contribution is -0.138. The maximum absolute atomic E-state index is 12.4. The summed E-state index contributed by atoms with van der Waals surface area (Å²) in [5, 5.41) is 8.75. The molecule has 0 aromatic heterocycles. The maximum atomic E-state index is 12.4. The van der Waals surface area contributed by atoms with Crippen molar-refractivity contribution in [2.75, 3.05) is 58.9 Å². The highest BCUT2D eigenvalue weighted by molar-refractivity contribution is 5.76. The van der Waals surface area contributed by atoms with E-state index in [0.29, 0.717) is 52.4 Å². The minimum absolute atomic E-state index is 0.00632. The van der Waals surface area contributed by atoms with E-state index in [1.807, 2.05) is 4.90 Å². The number of carbonyl (C=O) groups excluding carboxylic acids is 2. The van der Waals surface area contributed by atoms with Crippen molar-refractivity contribution in [2.24, 2.45) is 0 Å². The van der Waals surface area contributed by atoms with Crippen LogP contribution in [0, 0.1) is 0 Å². The van der Waals surface area contributed by atoms with Gasteiger partial charge in [0.2, 0.25) is 5.91 Å². The molecule has 2 aliphatic rings. The first-order valence-electron chi connectivity index (χ1n) is 7.21. The molecular weight excluding hydrogens is 276 g/mol. The molecule has 0 saturated carbocycles. The van der Waals surface area contributed by atoms with Crippen LogP contribution in [0.4, 0.5) is 4.79 Å². The summed E-state index contributed by atoms with van der Waals surface area (Å²) in [6, 6.07) is -0.00632. The fourth-order valence-electron chi connectivity index (χ4n) is 2.70. The van der Waals surface area contributed by atoms with E-state index >= 15 is 0 Å². The van der Waals surface area contributed by atoms with Crippen LogP contribution in [0.1, 0.15) is 6.92 Å². The second kappa shape index (κ2) is 6.75. The van der Waals surface area contributed by atoms with Crippen LogP contribution in [0.5, 0.6) is 0 Å². The average molecular weight is 298 g/mol. The van der Waals surface area contributed by atoms with E-state index in [9.17, 15) is 14.4 Å². The van der Waals surface area contributed by atoms with Crippen molar-refractivity contribution in [1.29, 1.82) is 0 Å². The normalized spacial score (nSPS) is 20.5. The van der Waals surface area contributed by atoms with Gasteiger partial charge in [0.15, 0.2) is 0 Å². The van der Waals surface area contributed by atoms with Crippen molar-refractivity contribution in [3.8, 4) is 0 Å². The molecule has 2 aliphatic heterocycles. The molecule has 0 radical (unpaired) electrons. The summed E-state index contributed by atoms with van der Waals surface area (Å²) >= 11 is 0. The highest BCUT2D eigenvalue weighted by atomic mass is 16.4. The summed E-state index contributed by atoms with van der Waals surface area (Å²) in [5.74, 6) is -0.792. The number of carbonyl (C=O) groups is 3. The number of amides is 3. The lowest BCUT2D eigenvalue weighted by Crippen LogP contribution is -2.57. The Morgan fingerprint density at radius 2 is 1.24 bits per heavy atom. The first-order chi connectivity index (χ1) is 9.97. The molecule has 1 N–H and O–H groups in total. The Kier molecular flexibility index (Phi) is 5.00. The molecule has 2 rings (SSSR count). The Morgan fingerprint density at radius 3 is 1.67 bits per heavy atom. The van der Waals surface area contributed by atoms with Crippen molar-refractivity contribution in [2.45, 2.75) is 6.92 Å². The van der Waals surface area contributed by atoms with E-state index < -0.39 is 5.97 Å². The third-order valence-corrected chi connectivity index (χ3v) is 4.00. The van der Waals surface area contributed by atoms with Gasteiger partial charge in [-0.1, -0.05) is 0 Å². The van der Waals surface area contributed by atoms with Crippen LogP contribution < -0.4 is 0 Å². The van der Waals surface area contributed by atoms with Gasteiger partial charge in [-0.15, -0.1) is 0 Å². The summed E-state index contributed by atoms with van der Waals surface area (Å²) in [6.07, 6.45) is 0. The first-order valence-corrected chi connectivity index (χ1v) is 7.21. The molecule has 0 aliphatic carbocycles. The number of aliphatic carboxylic acids is 1. The summed E-state index contributed by atoms with van der Waals surface area (Å²) < 4.78 is 0. The Hall–Kier alpha value is -1.83. The summed E-state index contributed by atoms with van der Waals surface area (Å²) in [7, 11) is 0. The molecule has 8 nitrogen and oxygen atoms in total. The summed E-state index contributed by atoms with van der Waals surface area (Å²) in [6.45, 7) is 6.15. The number of nitrogens with zero attached hydrogens (tertiary/aromatic N) is 4. The predicted molar refractivity (Wildman–Crippen MR) is 74.9 cm³/mol. The first kappa shape index (κ1) is 15.6. The zero-order chi connectivity index (χ0) is 15.4. The SMILES string of the molecule is CC(=O)N1CCN(C(=O)N2CCN(CC(=O)O)CC2)CC1. The number of piperazine rings is 2. The molecule has 2 heterocycles. The molecule has 3 amide bonds. The number of hydrogen-bond donors (Lipinski definition) is 1. The third kappa shape index (κ3) is 4.07. The van der Waals surface area contributed by atoms with Crippen LogP contribution in [0.2, 0.25) is 0 Å². The fraction of sp³-hybridized carbons (Fsp3) is 0.769. The van der Waals surface area contributed by atoms with E-state index in [1.165, 1.54) is 0 Å². The van der Waals surface area contributed by atoms with Gasteiger partial charge in [0.05, 0.1) is 6.54 Å². The lowest BCUT2D eigenvalue weighted by Gasteiger charge is -2.40. The maximum Gasteiger partial charge on any atom is 0.320 e. The van der Waals surface area contributed by atoms with Crippen LogP contribution in [-0.4, -0.2) is 102 Å². The van der Waals surface area contributed by atoms with Gasteiger partial charge in [-0.2, -0.15) is 0 Å². The van der Waals surface area contributed by atoms with E-state index in [2.05, 4.69) is 0 Å². The minimum Gasteiger partial charge on any atom is -0.480 e. The fourth-order valence-corrected chi connectivity index (χ4v) is 2.70. The van der Waals surface area contributed by atoms with E-state index in [0.717, 1.165) is 0 Å². The van der Waals surface area contributed by atoms with Crippen LogP contribution in [0.3, 0.4) is 0 Å². The minimum atomic E-state index is -0.838. The molecule has 0 spiro atoms. The second-order valence-electron chi connectivity index (χ2n) is 5.43. The predicted octanol–water partition coefficient (Wildman–Crippen LogP) is -1.03. The van der Waals surface area contributed by atoms with Crippen LogP contribution in [0.25, 0.3) is 0 Å². The number of rotatable bonds is 2. The van der Waals surface area contributed by atoms with Crippen molar-refractivity contribution >= 4 is 17.9 Å². The Balaban J connectivity index is 1.77. The quantitative estimate of drug-likeness (QED) is 0.705. The average Bonchev–Trinajstić information content (AvgIpc) is 2.47. The third-order valence-electron chi connectivity index (χ3n) is 4.00. The van der Waals surface area contributed by atoms with Gasteiger partial charge >= 0.3 is 12.0 Å². The molecule has 0 aromatic carbocycles. The van der Waals surface area contributed by atoms with Crippen LogP contribution >= 0.6 is 0 Å². The number of hydrogen-bond acceptors (Lipinski definition) is 4. The Morgan fingerprint density at radius 1 is 0.810 bits per heavy atom. The van der Waals surface area contributed by atoms with Crippen molar-refractivity contribution in [3.05, 3.63) is 0 Å². The second-order valence-corrected chi connectivity index (χ2v) is 5.43. The van der Waals surface area contributed by atoms with E-state index in [1.54, 1.807) is 21.6 Å². The molecule has 0 bridgehead atoms. The van der Waals surface area contributed by atoms with Gasteiger partial charge in [0.25, 0.3) is 0 Å². The highest BCUT2D eigenvalue weighted by Crippen LogP contribution is 2.09. The molecule has 0 aromatic rings. The molecule has 0 atom stereocenters. The van der Waals surface area contributed by atoms with Gasteiger partial charge in [-0.3, -0.25) is 14.5 Å². The number of carboxylic acids is 1. The summed E-state index contributed by atoms with van der Waals surface area (Å²) in [4.78, 5) is 41.4. The van der Waals surface area contributed by atoms with Gasteiger partial charge in [0, 0.05) is 59.3 Å². The van der Waals surface area contributed by atoms with E-state index in [-0.39, 0.29) is 18.5 Å². The van der Waals surface area contributed by atoms with Crippen LogP contribution in [-0.2, 0) is 9.59 Å². The van der Waals surface area contributed by atoms with Crippen molar-refractivity contribution < 1.29 is 19.5 Å². The zero-order valence-corrected chi connectivity index (χ0v) is 12.3. The zero-order valence-electron chi connectivity index (χ0n) is 12.3. The lowest BCUT2D eigenvalue weighted by atomic mass is 10.3. The van der Waals surface area contributed by atoms with Gasteiger partial charge in [0.1, 0.15) is 0 Å². The van der Waals surface area contributed by atoms with Gasteiger partial charge in [-0.05, 0) is 0 Å². The van der Waals surface area contributed by atoms with Gasteiger partial charge in [-0.25, -0.2) is 4.79 Å². The van der Waals surface area contributed by atoms with E-state index in [4.69, 9.17) is 5.11 Å². The molecular formula is C13H22N4O4. The topological polar surface area (TPSA) is 84.4 Å². The molecule has 8 heteroatoms. The Bertz CT molecular complexity index is 412. The standard InChI is InChI=1S/C13H22N4O4/c1-11(18)15-6-8-17(9-7-15)13(21)16-4-2-14(3-5-16)10-12(19)20/h2-10H2,1H3,(H,19,20). The smallest absolute Gasteiger partial charge is 0.320 e. The largest absolute Gasteiger partial charge is 0.480 e. The van der Waals surface area contributed by atoms with Crippen LogP contribution in [0.15, 0.2) is 0 Å². The van der Waals surface area contributed by atoms with Crippen molar-refractivity contribution in [3.63, 3.8) is 0 Å². The molecule has 21 heavy (non-hydrogen) atoms. The molecule has 118 valence electrons. The Labute approximate surface area is 123 Å². The monoisotopic (exact) mass is 298 g/mol. The van der Waals surface area contributed by atoms with Crippen molar-refractivity contribution in [1.82, 2.24) is 19.6 Å². The molecule has 2 fully saturated rings. The summed E-state index contributed by atoms with van der Waals surface area (Å²) in [5.41, 5.74) is 0. The number of carboxylic acid groups (broad SMARTS) is 1.